The van der Waals surface area contributed by atoms with Crippen molar-refractivity contribution in [3.05, 3.63) is 39.7 Å². The number of halogens is 3. The van der Waals surface area contributed by atoms with Gasteiger partial charge in [-0.15, -0.1) is 0 Å². The Bertz CT molecular complexity index is 509. The molecule has 0 aliphatic heterocycles. The highest BCUT2D eigenvalue weighted by Gasteiger charge is 2.26. The average molecular weight is 273 g/mol. The smallest absolute Gasteiger partial charge is 0.380 e. The number of alkyl halides is 3. The highest BCUT2D eigenvalue weighted by molar-refractivity contribution is 5.68. The summed E-state index contributed by atoms with van der Waals surface area (Å²) in [7, 11) is 0. The molecule has 102 valence electrons. The standard InChI is InChI=1S/C11H10F3N3O2/c1-15-8-3-4-9(10(7-8)17(18)19)16-6-2-5-11(12,13)14/h3-4,7,16H,2,5-6H2. The second kappa shape index (κ2) is 6.04. The molecule has 0 saturated heterocycles. The molecule has 1 aromatic rings. The van der Waals surface area contributed by atoms with Gasteiger partial charge in [0.05, 0.1) is 11.5 Å². The molecule has 0 amide bonds. The molecule has 5 nitrogen and oxygen atoms in total. The van der Waals surface area contributed by atoms with E-state index < -0.39 is 17.5 Å². The minimum Gasteiger partial charge on any atom is -0.380 e. The third-order valence-electron chi connectivity index (χ3n) is 2.26. The van der Waals surface area contributed by atoms with Crippen molar-refractivity contribution in [2.45, 2.75) is 19.0 Å². The highest BCUT2D eigenvalue weighted by atomic mass is 19.4. The van der Waals surface area contributed by atoms with Crippen molar-refractivity contribution >= 4 is 17.1 Å². The molecule has 8 heteroatoms. The normalized spacial score (nSPS) is 10.8. The van der Waals surface area contributed by atoms with E-state index in [0.717, 1.165) is 6.07 Å². The third-order valence-corrected chi connectivity index (χ3v) is 2.26. The molecule has 1 N–H and O–H groups in total. The number of nitrogens with one attached hydrogen (secondary N) is 1. The van der Waals surface area contributed by atoms with Crippen LogP contribution in [0.2, 0.25) is 0 Å². The van der Waals surface area contributed by atoms with E-state index in [2.05, 4.69) is 10.2 Å². The van der Waals surface area contributed by atoms with Crippen molar-refractivity contribution in [1.82, 2.24) is 0 Å². The van der Waals surface area contributed by atoms with Gasteiger partial charge in [-0.2, -0.15) is 13.2 Å². The van der Waals surface area contributed by atoms with Gasteiger partial charge >= 0.3 is 6.18 Å². The zero-order valence-corrected chi connectivity index (χ0v) is 9.70. The van der Waals surface area contributed by atoms with Gasteiger partial charge in [0.15, 0.2) is 5.69 Å². The van der Waals surface area contributed by atoms with E-state index in [1.165, 1.54) is 12.1 Å². The monoisotopic (exact) mass is 273 g/mol. The minimum atomic E-state index is -4.23. The molecule has 0 spiro atoms. The van der Waals surface area contributed by atoms with Crippen LogP contribution in [0.3, 0.4) is 0 Å². The quantitative estimate of drug-likeness (QED) is 0.383. The second-order valence-electron chi connectivity index (χ2n) is 3.72. The van der Waals surface area contributed by atoms with Crippen molar-refractivity contribution in [1.29, 1.82) is 0 Å². The molecule has 0 saturated carbocycles. The topological polar surface area (TPSA) is 59.5 Å². The maximum Gasteiger partial charge on any atom is 0.389 e. The Kier molecular flexibility index (Phi) is 4.69. The number of nitro benzene ring substituents is 1. The molecule has 1 aromatic carbocycles. The van der Waals surface area contributed by atoms with Crippen molar-refractivity contribution < 1.29 is 18.1 Å². The Balaban J connectivity index is 2.68. The van der Waals surface area contributed by atoms with Crippen LogP contribution in [0.25, 0.3) is 4.85 Å². The lowest BCUT2D eigenvalue weighted by Crippen LogP contribution is -2.11. The number of benzene rings is 1. The summed E-state index contributed by atoms with van der Waals surface area (Å²) in [6.07, 6.45) is -5.36. The molecule has 0 unspecified atom stereocenters. The number of nitrogens with zero attached hydrogens (tertiary/aromatic N) is 2. The van der Waals surface area contributed by atoms with Gasteiger partial charge in [0.2, 0.25) is 0 Å². The summed E-state index contributed by atoms with van der Waals surface area (Å²) in [6.45, 7) is 6.72. The Morgan fingerprint density at radius 2 is 2.11 bits per heavy atom. The third kappa shape index (κ3) is 4.83. The van der Waals surface area contributed by atoms with Crippen LogP contribution >= 0.6 is 0 Å². The lowest BCUT2D eigenvalue weighted by Gasteiger charge is -2.09. The number of nitro groups is 1. The van der Waals surface area contributed by atoms with Gasteiger partial charge < -0.3 is 5.32 Å². The Morgan fingerprint density at radius 3 is 2.63 bits per heavy atom. The maximum atomic E-state index is 11.9. The van der Waals surface area contributed by atoms with Crippen LogP contribution in [-0.4, -0.2) is 17.6 Å². The molecular weight excluding hydrogens is 263 g/mol. The van der Waals surface area contributed by atoms with E-state index in [-0.39, 0.29) is 30.0 Å². The minimum absolute atomic E-state index is 0.0300. The summed E-state index contributed by atoms with van der Waals surface area (Å²) in [4.78, 5) is 13.1. The highest BCUT2D eigenvalue weighted by Crippen LogP contribution is 2.29. The molecule has 1 rings (SSSR count). The molecule has 0 aliphatic rings. The first-order valence-corrected chi connectivity index (χ1v) is 5.30. The predicted octanol–water partition coefficient (Wildman–Crippen LogP) is 3.90. The average Bonchev–Trinajstić information content (AvgIpc) is 2.33. The number of rotatable bonds is 5. The Labute approximate surface area is 107 Å². The van der Waals surface area contributed by atoms with Gasteiger partial charge in [-0.05, 0) is 12.5 Å². The van der Waals surface area contributed by atoms with Crippen LogP contribution in [0.1, 0.15) is 12.8 Å². The maximum absolute atomic E-state index is 11.9. The van der Waals surface area contributed by atoms with Crippen LogP contribution in [0.15, 0.2) is 18.2 Å². The summed E-state index contributed by atoms with van der Waals surface area (Å²) < 4.78 is 35.8. The van der Waals surface area contributed by atoms with Gasteiger partial charge in [0, 0.05) is 19.0 Å². The van der Waals surface area contributed by atoms with E-state index in [9.17, 15) is 23.3 Å². The van der Waals surface area contributed by atoms with E-state index in [1.54, 1.807) is 0 Å². The fraction of sp³-hybridized carbons (Fsp3) is 0.364. The fourth-order valence-corrected chi connectivity index (χ4v) is 1.40. The summed E-state index contributed by atoms with van der Waals surface area (Å²) in [5.41, 5.74) is -0.104. The lowest BCUT2D eigenvalue weighted by atomic mass is 10.2. The predicted molar refractivity (Wildman–Crippen MR) is 63.1 cm³/mol. The van der Waals surface area contributed by atoms with Gasteiger partial charge in [-0.1, -0.05) is 6.07 Å². The first-order chi connectivity index (χ1) is 8.83. The molecule has 0 heterocycles. The van der Waals surface area contributed by atoms with Crippen molar-refractivity contribution in [3.63, 3.8) is 0 Å². The molecule has 0 bridgehead atoms. The molecule has 0 atom stereocenters. The number of hydrogen-bond acceptors (Lipinski definition) is 3. The summed E-state index contributed by atoms with van der Waals surface area (Å²) in [6, 6.07) is 3.77. The summed E-state index contributed by atoms with van der Waals surface area (Å²) in [5, 5.41) is 13.3. The van der Waals surface area contributed by atoms with E-state index in [0.29, 0.717) is 0 Å². The van der Waals surface area contributed by atoms with E-state index in [4.69, 9.17) is 6.57 Å². The van der Waals surface area contributed by atoms with Gasteiger partial charge in [-0.3, -0.25) is 10.1 Å². The lowest BCUT2D eigenvalue weighted by molar-refractivity contribution is -0.383. The van der Waals surface area contributed by atoms with E-state index >= 15 is 0 Å². The molecule has 19 heavy (non-hydrogen) atoms. The SMILES string of the molecule is [C-]#[N+]c1ccc(NCCCC(F)(F)F)c([N+](=O)[O-])c1. The van der Waals surface area contributed by atoms with Gasteiger partial charge in [-0.25, -0.2) is 4.85 Å². The fourth-order valence-electron chi connectivity index (χ4n) is 1.40. The number of anilines is 1. The zero-order chi connectivity index (χ0) is 14.5. The van der Waals surface area contributed by atoms with Gasteiger partial charge in [0.25, 0.3) is 5.69 Å². The van der Waals surface area contributed by atoms with Crippen LogP contribution in [0.5, 0.6) is 0 Å². The van der Waals surface area contributed by atoms with Crippen LogP contribution in [0.4, 0.5) is 30.2 Å². The molecule has 0 fully saturated rings. The Hall–Kier alpha value is -2.30. The largest absolute Gasteiger partial charge is 0.389 e. The van der Waals surface area contributed by atoms with Crippen molar-refractivity contribution in [2.24, 2.45) is 0 Å². The molecule has 0 aliphatic carbocycles. The number of hydrogen-bond donors (Lipinski definition) is 1. The van der Waals surface area contributed by atoms with Crippen LogP contribution < -0.4 is 5.32 Å². The Morgan fingerprint density at radius 1 is 1.42 bits per heavy atom. The van der Waals surface area contributed by atoms with E-state index in [1.807, 2.05) is 0 Å². The van der Waals surface area contributed by atoms with Crippen LogP contribution in [0, 0.1) is 16.7 Å². The second-order valence-corrected chi connectivity index (χ2v) is 3.72. The van der Waals surface area contributed by atoms with Crippen molar-refractivity contribution in [2.75, 3.05) is 11.9 Å². The zero-order valence-electron chi connectivity index (χ0n) is 9.70. The molecule has 0 radical (unpaired) electrons. The summed E-state index contributed by atoms with van der Waals surface area (Å²) in [5.74, 6) is 0. The molecule has 0 aromatic heterocycles. The van der Waals surface area contributed by atoms with Crippen molar-refractivity contribution in [3.8, 4) is 0 Å². The first kappa shape index (κ1) is 14.8. The molecular formula is C11H10F3N3O2. The first-order valence-electron chi connectivity index (χ1n) is 5.30. The van der Waals surface area contributed by atoms with Gasteiger partial charge in [0.1, 0.15) is 5.69 Å². The van der Waals surface area contributed by atoms with Crippen LogP contribution in [-0.2, 0) is 0 Å². The summed E-state index contributed by atoms with van der Waals surface area (Å²) >= 11 is 0.